The van der Waals surface area contributed by atoms with Gasteiger partial charge in [-0.05, 0) is 24.3 Å². The van der Waals surface area contributed by atoms with Gasteiger partial charge in [-0.2, -0.15) is 18.4 Å². The number of carboxylic acid groups (broad SMARTS) is 1. The van der Waals surface area contributed by atoms with Gasteiger partial charge in [-0.1, -0.05) is 0 Å². The Morgan fingerprint density at radius 1 is 1.35 bits per heavy atom. The summed E-state index contributed by atoms with van der Waals surface area (Å²) in [6, 6.07) is 9.26. The van der Waals surface area contributed by atoms with Gasteiger partial charge in [-0.3, -0.25) is 0 Å². The number of nitriles is 1. The fourth-order valence-corrected chi connectivity index (χ4v) is 1.15. The Bertz CT molecular complexity index is 490. The van der Waals surface area contributed by atoms with Crippen LogP contribution in [0.1, 0.15) is 5.56 Å². The van der Waals surface area contributed by atoms with Crippen molar-refractivity contribution in [3.63, 3.8) is 0 Å². The molecule has 2 rings (SSSR count). The molecule has 0 radical (unpaired) electrons. The average Bonchev–Trinajstić information content (AvgIpc) is 2.34. The van der Waals surface area contributed by atoms with Crippen LogP contribution < -0.4 is 10.1 Å². The topological polar surface area (TPSA) is 82.3 Å². The molecule has 1 saturated heterocycles. The van der Waals surface area contributed by atoms with Crippen molar-refractivity contribution >= 4 is 5.97 Å². The summed E-state index contributed by atoms with van der Waals surface area (Å²) in [6.45, 7) is 1.83. The molecule has 5 nitrogen and oxygen atoms in total. The molecule has 0 aliphatic carbocycles. The summed E-state index contributed by atoms with van der Waals surface area (Å²) in [4.78, 5) is 8.90. The molecule has 0 atom stereocenters. The maximum atomic E-state index is 10.6. The van der Waals surface area contributed by atoms with Gasteiger partial charge in [0.15, 0.2) is 0 Å². The number of ether oxygens (including phenoxy) is 1. The summed E-state index contributed by atoms with van der Waals surface area (Å²) in [5, 5.41) is 18.8. The van der Waals surface area contributed by atoms with Gasteiger partial charge in [0.05, 0.1) is 11.6 Å². The number of hydrogen-bond donors (Lipinski definition) is 2. The van der Waals surface area contributed by atoms with Crippen molar-refractivity contribution in [2.75, 3.05) is 13.1 Å². The van der Waals surface area contributed by atoms with Crippen LogP contribution in [0.5, 0.6) is 5.75 Å². The number of halogens is 3. The second-order valence-corrected chi connectivity index (χ2v) is 3.84. The number of nitrogens with zero attached hydrogens (tertiary/aromatic N) is 1. The van der Waals surface area contributed by atoms with Crippen molar-refractivity contribution in [2.24, 2.45) is 0 Å². The van der Waals surface area contributed by atoms with E-state index < -0.39 is 12.1 Å². The largest absolute Gasteiger partial charge is 0.490 e. The molecule has 0 unspecified atom stereocenters. The number of carboxylic acids is 1. The second kappa shape index (κ2) is 6.77. The van der Waals surface area contributed by atoms with E-state index in [9.17, 15) is 13.2 Å². The standard InChI is InChI=1S/C10H10N2O.C2HF3O2/c11-5-8-1-3-9(4-2-8)13-10-6-12-7-10;3-2(4,5)1(6)7/h1-4,10,12H,6-7H2;(H,6,7). The molecule has 8 heteroatoms. The summed E-state index contributed by atoms with van der Waals surface area (Å²) >= 11 is 0. The van der Waals surface area contributed by atoms with E-state index in [2.05, 4.69) is 11.4 Å². The van der Waals surface area contributed by atoms with Crippen molar-refractivity contribution in [3.05, 3.63) is 29.8 Å². The van der Waals surface area contributed by atoms with E-state index >= 15 is 0 Å². The second-order valence-electron chi connectivity index (χ2n) is 3.84. The summed E-state index contributed by atoms with van der Waals surface area (Å²) in [5.41, 5.74) is 0.666. The fourth-order valence-electron chi connectivity index (χ4n) is 1.15. The highest BCUT2D eigenvalue weighted by Gasteiger charge is 2.38. The lowest BCUT2D eigenvalue weighted by atomic mass is 10.2. The van der Waals surface area contributed by atoms with Gasteiger partial charge in [0, 0.05) is 13.1 Å². The van der Waals surface area contributed by atoms with Crippen molar-refractivity contribution in [2.45, 2.75) is 12.3 Å². The Morgan fingerprint density at radius 3 is 2.15 bits per heavy atom. The minimum absolute atomic E-state index is 0.299. The Hall–Kier alpha value is -2.27. The van der Waals surface area contributed by atoms with Crippen molar-refractivity contribution < 1.29 is 27.8 Å². The van der Waals surface area contributed by atoms with Crippen LogP contribution >= 0.6 is 0 Å². The first-order valence-electron chi connectivity index (χ1n) is 5.50. The van der Waals surface area contributed by atoms with E-state index in [1.54, 1.807) is 12.1 Å². The van der Waals surface area contributed by atoms with Gasteiger partial charge in [-0.25, -0.2) is 4.79 Å². The third-order valence-corrected chi connectivity index (χ3v) is 2.27. The number of aliphatic carboxylic acids is 1. The summed E-state index contributed by atoms with van der Waals surface area (Å²) in [5.74, 6) is -1.92. The van der Waals surface area contributed by atoms with Gasteiger partial charge in [0.1, 0.15) is 11.9 Å². The highest BCUT2D eigenvalue weighted by Crippen LogP contribution is 2.14. The van der Waals surface area contributed by atoms with Crippen LogP contribution in [0.3, 0.4) is 0 Å². The van der Waals surface area contributed by atoms with Gasteiger partial charge in [0.2, 0.25) is 0 Å². The maximum Gasteiger partial charge on any atom is 0.490 e. The Kier molecular flexibility index (Phi) is 5.34. The van der Waals surface area contributed by atoms with Crippen molar-refractivity contribution in [1.29, 1.82) is 5.26 Å². The van der Waals surface area contributed by atoms with Crippen molar-refractivity contribution in [1.82, 2.24) is 5.32 Å². The molecule has 1 aliphatic rings. The number of hydrogen-bond acceptors (Lipinski definition) is 4. The van der Waals surface area contributed by atoms with Crippen LogP contribution in [0.4, 0.5) is 13.2 Å². The first-order valence-corrected chi connectivity index (χ1v) is 5.50. The minimum atomic E-state index is -5.08. The lowest BCUT2D eigenvalue weighted by molar-refractivity contribution is -0.192. The van der Waals surface area contributed by atoms with Crippen LogP contribution in [-0.2, 0) is 4.79 Å². The molecule has 1 heterocycles. The third kappa shape index (κ3) is 5.16. The number of alkyl halides is 3. The molecule has 0 amide bonds. The number of rotatable bonds is 2. The highest BCUT2D eigenvalue weighted by atomic mass is 19.4. The Balaban J connectivity index is 0.000000246. The first kappa shape index (κ1) is 15.8. The lowest BCUT2D eigenvalue weighted by Gasteiger charge is -2.27. The number of carbonyl (C=O) groups is 1. The normalized spacial score (nSPS) is 14.3. The summed E-state index contributed by atoms with van der Waals surface area (Å²) < 4.78 is 37.3. The fraction of sp³-hybridized carbons (Fsp3) is 0.333. The number of benzene rings is 1. The van der Waals surface area contributed by atoms with Crippen LogP contribution in [0.15, 0.2) is 24.3 Å². The van der Waals surface area contributed by atoms with Crippen LogP contribution in [0, 0.1) is 11.3 Å². The predicted octanol–water partition coefficient (Wildman–Crippen LogP) is 1.54. The molecule has 1 aliphatic heterocycles. The van der Waals surface area contributed by atoms with Crippen molar-refractivity contribution in [3.8, 4) is 11.8 Å². The smallest absolute Gasteiger partial charge is 0.488 e. The SMILES string of the molecule is N#Cc1ccc(OC2CNC2)cc1.O=C(O)C(F)(F)F. The Morgan fingerprint density at radius 2 is 1.85 bits per heavy atom. The average molecular weight is 288 g/mol. The lowest BCUT2D eigenvalue weighted by Crippen LogP contribution is -2.50. The zero-order valence-electron chi connectivity index (χ0n) is 10.1. The molecule has 0 saturated carbocycles. The van der Waals surface area contributed by atoms with Gasteiger partial charge in [0.25, 0.3) is 0 Å². The van der Waals surface area contributed by atoms with E-state index in [-0.39, 0.29) is 0 Å². The van der Waals surface area contributed by atoms with Gasteiger partial charge >= 0.3 is 12.1 Å². The molecular weight excluding hydrogens is 277 g/mol. The van der Waals surface area contributed by atoms with Crippen LogP contribution in [0.25, 0.3) is 0 Å². The Labute approximate surface area is 112 Å². The summed E-state index contributed by atoms with van der Waals surface area (Å²) in [6.07, 6.45) is -4.78. The molecule has 108 valence electrons. The van der Waals surface area contributed by atoms with E-state index in [0.29, 0.717) is 11.7 Å². The molecule has 0 aromatic heterocycles. The summed E-state index contributed by atoms with van der Waals surface area (Å²) in [7, 11) is 0. The molecule has 2 N–H and O–H groups in total. The third-order valence-electron chi connectivity index (χ3n) is 2.27. The monoisotopic (exact) mass is 288 g/mol. The molecule has 1 aromatic rings. The predicted molar refractivity (Wildman–Crippen MR) is 62.1 cm³/mol. The van der Waals surface area contributed by atoms with E-state index in [0.717, 1.165) is 18.8 Å². The van der Waals surface area contributed by atoms with Gasteiger partial charge in [-0.15, -0.1) is 0 Å². The van der Waals surface area contributed by atoms with Gasteiger partial charge < -0.3 is 15.2 Å². The van der Waals surface area contributed by atoms with E-state index in [1.165, 1.54) is 0 Å². The van der Waals surface area contributed by atoms with Crippen LogP contribution in [0.2, 0.25) is 0 Å². The minimum Gasteiger partial charge on any atom is -0.488 e. The molecule has 0 bridgehead atoms. The van der Waals surface area contributed by atoms with E-state index in [4.69, 9.17) is 19.9 Å². The zero-order valence-corrected chi connectivity index (χ0v) is 10.1. The molecule has 1 fully saturated rings. The zero-order chi connectivity index (χ0) is 15.2. The maximum absolute atomic E-state index is 10.6. The van der Waals surface area contributed by atoms with Crippen LogP contribution in [-0.4, -0.2) is 36.4 Å². The number of nitrogens with one attached hydrogen (secondary N) is 1. The first-order chi connectivity index (χ1) is 9.32. The highest BCUT2D eigenvalue weighted by molar-refractivity contribution is 5.73. The molecule has 20 heavy (non-hydrogen) atoms. The quantitative estimate of drug-likeness (QED) is 0.862. The molecular formula is C12H11F3N2O3. The molecule has 0 spiro atoms. The molecule has 1 aromatic carbocycles. The van der Waals surface area contributed by atoms with E-state index in [1.807, 2.05) is 12.1 Å².